The molecule has 0 amide bonds. The molecule has 1 N–H and O–H groups in total. The third-order valence-electron chi connectivity index (χ3n) is 2.80. The lowest BCUT2D eigenvalue weighted by Gasteiger charge is -2.14. The van der Waals surface area contributed by atoms with Crippen LogP contribution in [0.4, 0.5) is 8.78 Å². The van der Waals surface area contributed by atoms with Crippen molar-refractivity contribution in [3.63, 3.8) is 0 Å². The second kappa shape index (κ2) is 6.14. The van der Waals surface area contributed by atoms with Gasteiger partial charge in [-0.2, -0.15) is 0 Å². The topological polar surface area (TPSA) is 46.5 Å². The molecule has 0 spiro atoms. The fourth-order valence-electron chi connectivity index (χ4n) is 1.76. The van der Waals surface area contributed by atoms with Crippen molar-refractivity contribution in [2.24, 2.45) is 0 Å². The number of hydrogen-bond acceptors (Lipinski definition) is 2. The highest BCUT2D eigenvalue weighted by molar-refractivity contribution is 5.76. The van der Waals surface area contributed by atoms with Crippen molar-refractivity contribution in [2.75, 3.05) is 6.61 Å². The van der Waals surface area contributed by atoms with Crippen molar-refractivity contribution >= 4 is 5.97 Å². The van der Waals surface area contributed by atoms with E-state index in [2.05, 4.69) is 0 Å². The number of rotatable bonds is 5. The number of benzene rings is 2. The maximum atomic E-state index is 13.4. The molecular formula is C15H12F2O3. The number of carboxylic acids is 1. The standard InChI is InChI=1S/C15H12F2O3/c16-11-6-7-13(17)14(8-11)20-9-12(15(18)19)10-4-2-1-3-5-10/h1-8,12H,9H2,(H,18,19). The molecule has 0 aliphatic rings. The highest BCUT2D eigenvalue weighted by atomic mass is 19.1. The third kappa shape index (κ3) is 3.32. The lowest BCUT2D eigenvalue weighted by molar-refractivity contribution is -0.139. The van der Waals surface area contributed by atoms with E-state index in [4.69, 9.17) is 4.74 Å². The van der Waals surface area contributed by atoms with Crippen molar-refractivity contribution in [3.05, 3.63) is 65.7 Å². The predicted octanol–water partition coefficient (Wildman–Crippen LogP) is 3.21. The molecule has 1 atom stereocenters. The molecule has 104 valence electrons. The Morgan fingerprint density at radius 3 is 2.50 bits per heavy atom. The monoisotopic (exact) mass is 278 g/mol. The van der Waals surface area contributed by atoms with Crippen LogP contribution in [0.2, 0.25) is 0 Å². The van der Waals surface area contributed by atoms with E-state index in [1.54, 1.807) is 30.3 Å². The Morgan fingerprint density at radius 2 is 1.85 bits per heavy atom. The smallest absolute Gasteiger partial charge is 0.314 e. The van der Waals surface area contributed by atoms with E-state index in [0.717, 1.165) is 18.2 Å². The quantitative estimate of drug-likeness (QED) is 0.913. The minimum Gasteiger partial charge on any atom is -0.489 e. The number of carbonyl (C=O) groups is 1. The maximum absolute atomic E-state index is 13.4. The first-order valence-electron chi connectivity index (χ1n) is 5.93. The van der Waals surface area contributed by atoms with Crippen LogP contribution >= 0.6 is 0 Å². The van der Waals surface area contributed by atoms with Crippen LogP contribution in [0.25, 0.3) is 0 Å². The van der Waals surface area contributed by atoms with Gasteiger partial charge in [0.2, 0.25) is 0 Å². The molecule has 20 heavy (non-hydrogen) atoms. The van der Waals surface area contributed by atoms with Gasteiger partial charge in [-0.3, -0.25) is 4.79 Å². The van der Waals surface area contributed by atoms with Gasteiger partial charge in [0.05, 0.1) is 0 Å². The van der Waals surface area contributed by atoms with Crippen molar-refractivity contribution in [1.82, 2.24) is 0 Å². The largest absolute Gasteiger partial charge is 0.489 e. The zero-order valence-corrected chi connectivity index (χ0v) is 10.4. The normalized spacial score (nSPS) is 11.9. The Balaban J connectivity index is 2.14. The van der Waals surface area contributed by atoms with Crippen LogP contribution in [0.3, 0.4) is 0 Å². The summed E-state index contributed by atoms with van der Waals surface area (Å²) in [6, 6.07) is 11.2. The Bertz CT molecular complexity index is 599. The molecule has 5 heteroatoms. The summed E-state index contributed by atoms with van der Waals surface area (Å²) >= 11 is 0. The average molecular weight is 278 g/mol. The first kappa shape index (κ1) is 14.0. The molecule has 2 aromatic carbocycles. The molecule has 0 bridgehead atoms. The van der Waals surface area contributed by atoms with Gasteiger partial charge in [-0.05, 0) is 17.7 Å². The zero-order chi connectivity index (χ0) is 14.5. The van der Waals surface area contributed by atoms with Crippen molar-refractivity contribution in [2.45, 2.75) is 5.92 Å². The van der Waals surface area contributed by atoms with Crippen LogP contribution in [0.5, 0.6) is 5.75 Å². The SMILES string of the molecule is O=C(O)C(COc1cc(F)ccc1F)c1ccccc1. The fourth-order valence-corrected chi connectivity index (χ4v) is 1.76. The summed E-state index contributed by atoms with van der Waals surface area (Å²) in [4.78, 5) is 11.2. The second-order valence-electron chi connectivity index (χ2n) is 4.19. The summed E-state index contributed by atoms with van der Waals surface area (Å²) in [5, 5.41) is 9.18. The molecule has 0 aliphatic heterocycles. The summed E-state index contributed by atoms with van der Waals surface area (Å²) in [6.45, 7) is -0.278. The van der Waals surface area contributed by atoms with Crippen LogP contribution in [0.1, 0.15) is 11.5 Å². The highest BCUT2D eigenvalue weighted by Crippen LogP contribution is 2.22. The van der Waals surface area contributed by atoms with Gasteiger partial charge in [0.15, 0.2) is 11.6 Å². The minimum absolute atomic E-state index is 0.278. The molecule has 2 rings (SSSR count). The molecule has 1 unspecified atom stereocenters. The number of aliphatic carboxylic acids is 1. The first-order valence-corrected chi connectivity index (χ1v) is 5.93. The van der Waals surface area contributed by atoms with Crippen LogP contribution in [-0.2, 0) is 4.79 Å². The van der Waals surface area contributed by atoms with Crippen LogP contribution < -0.4 is 4.74 Å². The molecule has 0 fully saturated rings. The van der Waals surface area contributed by atoms with Crippen LogP contribution in [0, 0.1) is 11.6 Å². The third-order valence-corrected chi connectivity index (χ3v) is 2.80. The van der Waals surface area contributed by atoms with Gasteiger partial charge >= 0.3 is 5.97 Å². The van der Waals surface area contributed by atoms with Crippen LogP contribution in [0.15, 0.2) is 48.5 Å². The Kier molecular flexibility index (Phi) is 4.30. The summed E-state index contributed by atoms with van der Waals surface area (Å²) in [7, 11) is 0. The molecule has 2 aromatic rings. The number of halogens is 2. The molecule has 0 saturated carbocycles. The molecule has 0 saturated heterocycles. The molecule has 0 heterocycles. The van der Waals surface area contributed by atoms with E-state index < -0.39 is 23.5 Å². The molecule has 3 nitrogen and oxygen atoms in total. The van der Waals surface area contributed by atoms with Crippen LogP contribution in [-0.4, -0.2) is 17.7 Å². The highest BCUT2D eigenvalue weighted by Gasteiger charge is 2.21. The van der Waals surface area contributed by atoms with Crippen molar-refractivity contribution < 1.29 is 23.4 Å². The van der Waals surface area contributed by atoms with Gasteiger partial charge in [-0.15, -0.1) is 0 Å². The van der Waals surface area contributed by atoms with E-state index in [9.17, 15) is 18.7 Å². The first-order chi connectivity index (χ1) is 9.58. The van der Waals surface area contributed by atoms with Gasteiger partial charge < -0.3 is 9.84 Å². The van der Waals surface area contributed by atoms with E-state index in [1.807, 2.05) is 0 Å². The zero-order valence-electron chi connectivity index (χ0n) is 10.4. The summed E-state index contributed by atoms with van der Waals surface area (Å²) in [5.41, 5.74) is 0.539. The lowest BCUT2D eigenvalue weighted by Crippen LogP contribution is -2.19. The second-order valence-corrected chi connectivity index (χ2v) is 4.19. The van der Waals surface area contributed by atoms with Gasteiger partial charge in [-0.25, -0.2) is 8.78 Å². The maximum Gasteiger partial charge on any atom is 0.314 e. The minimum atomic E-state index is -1.09. The predicted molar refractivity (Wildman–Crippen MR) is 68.7 cm³/mol. The average Bonchev–Trinajstić information content (AvgIpc) is 2.43. The van der Waals surface area contributed by atoms with Gasteiger partial charge in [0.1, 0.15) is 18.3 Å². The van der Waals surface area contributed by atoms with E-state index >= 15 is 0 Å². The number of ether oxygens (including phenoxy) is 1. The summed E-state index contributed by atoms with van der Waals surface area (Å²) in [6.07, 6.45) is 0. The number of hydrogen-bond donors (Lipinski definition) is 1. The lowest BCUT2D eigenvalue weighted by atomic mass is 10.0. The number of carboxylic acid groups (broad SMARTS) is 1. The molecule has 0 radical (unpaired) electrons. The van der Waals surface area contributed by atoms with Gasteiger partial charge in [0, 0.05) is 6.07 Å². The Hall–Kier alpha value is -2.43. The van der Waals surface area contributed by atoms with E-state index in [-0.39, 0.29) is 12.4 Å². The molecular weight excluding hydrogens is 266 g/mol. The van der Waals surface area contributed by atoms with E-state index in [1.165, 1.54) is 0 Å². The Morgan fingerprint density at radius 1 is 1.15 bits per heavy atom. The summed E-state index contributed by atoms with van der Waals surface area (Å²) in [5.74, 6) is -3.71. The van der Waals surface area contributed by atoms with Crippen molar-refractivity contribution in [1.29, 1.82) is 0 Å². The fraction of sp³-hybridized carbons (Fsp3) is 0.133. The molecule has 0 aliphatic carbocycles. The van der Waals surface area contributed by atoms with Gasteiger partial charge in [-0.1, -0.05) is 30.3 Å². The van der Waals surface area contributed by atoms with Gasteiger partial charge in [0.25, 0.3) is 0 Å². The van der Waals surface area contributed by atoms with Crippen molar-refractivity contribution in [3.8, 4) is 5.75 Å². The summed E-state index contributed by atoms with van der Waals surface area (Å²) < 4.78 is 31.5. The molecule has 0 aromatic heterocycles. The van der Waals surface area contributed by atoms with E-state index in [0.29, 0.717) is 5.56 Å². The Labute approximate surface area is 114 Å².